The predicted octanol–water partition coefficient (Wildman–Crippen LogP) is 4.45. The number of carbonyl (C=O) groups excluding carboxylic acids is 2. The molecule has 1 aromatic heterocycles. The van der Waals surface area contributed by atoms with Crippen molar-refractivity contribution in [2.75, 3.05) is 19.0 Å². The number of carbonyl (C=O) groups is 2. The lowest BCUT2D eigenvalue weighted by Crippen LogP contribution is -2.34. The highest BCUT2D eigenvalue weighted by atomic mass is 32.1. The van der Waals surface area contributed by atoms with Crippen molar-refractivity contribution in [3.63, 3.8) is 0 Å². The van der Waals surface area contributed by atoms with Gasteiger partial charge in [-0.2, -0.15) is 0 Å². The first-order chi connectivity index (χ1) is 13.2. The fourth-order valence-electron chi connectivity index (χ4n) is 3.34. The van der Waals surface area contributed by atoms with Crippen LogP contribution in [0, 0.1) is 0 Å². The van der Waals surface area contributed by atoms with Crippen LogP contribution in [-0.2, 0) is 4.74 Å². The van der Waals surface area contributed by atoms with E-state index in [2.05, 4.69) is 5.32 Å². The minimum atomic E-state index is -0.431. The van der Waals surface area contributed by atoms with Crippen LogP contribution in [-0.4, -0.2) is 35.5 Å². The highest BCUT2D eigenvalue weighted by Crippen LogP contribution is 2.36. The van der Waals surface area contributed by atoms with E-state index in [1.54, 1.807) is 35.6 Å². The van der Waals surface area contributed by atoms with E-state index in [0.717, 1.165) is 28.1 Å². The number of aromatic nitrogens is 1. The van der Waals surface area contributed by atoms with Gasteiger partial charge in [0.05, 0.1) is 28.9 Å². The summed E-state index contributed by atoms with van der Waals surface area (Å²) in [6.45, 7) is 0.684. The van der Waals surface area contributed by atoms with Crippen molar-refractivity contribution < 1.29 is 14.3 Å². The van der Waals surface area contributed by atoms with Gasteiger partial charge in [-0.05, 0) is 43.2 Å². The Kier molecular flexibility index (Phi) is 4.77. The van der Waals surface area contributed by atoms with Crippen molar-refractivity contribution in [1.29, 1.82) is 0 Å². The average molecular weight is 381 g/mol. The number of hydrogen-bond donors (Lipinski definition) is 1. The van der Waals surface area contributed by atoms with E-state index in [1.807, 2.05) is 29.2 Å². The Balaban J connectivity index is 1.53. The Labute approximate surface area is 160 Å². The molecule has 1 fully saturated rings. The molecular formula is C20H19N3O3S. The van der Waals surface area contributed by atoms with E-state index in [9.17, 15) is 9.59 Å². The number of fused-ring (bicyclic) bond motifs is 1. The van der Waals surface area contributed by atoms with E-state index in [-0.39, 0.29) is 12.1 Å². The van der Waals surface area contributed by atoms with Gasteiger partial charge >= 0.3 is 12.0 Å². The summed E-state index contributed by atoms with van der Waals surface area (Å²) in [6.07, 6.45) is 1.84. The molecule has 138 valence electrons. The molecule has 0 aliphatic carbocycles. The van der Waals surface area contributed by atoms with Crippen molar-refractivity contribution in [3.05, 3.63) is 59.1 Å². The van der Waals surface area contributed by atoms with Crippen molar-refractivity contribution in [1.82, 2.24) is 9.88 Å². The number of ether oxygens (including phenoxy) is 1. The standard InChI is InChI=1S/C20H19N3O3S/c1-26-19(24)13-6-4-7-14(12-13)21-20(25)23-11-5-9-16(23)18-22-15-8-2-3-10-17(15)27-18/h2-4,6-8,10,12,16H,5,9,11H2,1H3,(H,21,25). The van der Waals surface area contributed by atoms with Gasteiger partial charge in [-0.1, -0.05) is 18.2 Å². The molecule has 4 rings (SSSR count). The molecule has 0 radical (unpaired) electrons. The molecule has 1 aliphatic heterocycles. The molecule has 2 amide bonds. The number of nitrogens with zero attached hydrogens (tertiary/aromatic N) is 2. The molecule has 0 spiro atoms. The fourth-order valence-corrected chi connectivity index (χ4v) is 4.45. The number of benzene rings is 2. The number of anilines is 1. The van der Waals surface area contributed by atoms with Crippen LogP contribution >= 0.6 is 11.3 Å². The maximum Gasteiger partial charge on any atom is 0.337 e. The summed E-state index contributed by atoms with van der Waals surface area (Å²) in [5, 5.41) is 3.86. The quantitative estimate of drug-likeness (QED) is 0.680. The second-order valence-electron chi connectivity index (χ2n) is 6.37. The van der Waals surface area contributed by atoms with Gasteiger partial charge in [0.1, 0.15) is 5.01 Å². The van der Waals surface area contributed by atoms with Crippen LogP contribution in [0.4, 0.5) is 10.5 Å². The lowest BCUT2D eigenvalue weighted by molar-refractivity contribution is 0.0600. The first-order valence-electron chi connectivity index (χ1n) is 8.77. The lowest BCUT2D eigenvalue weighted by Gasteiger charge is -2.23. The predicted molar refractivity (Wildman–Crippen MR) is 105 cm³/mol. The maximum atomic E-state index is 12.8. The third kappa shape index (κ3) is 3.50. The second-order valence-corrected chi connectivity index (χ2v) is 7.44. The zero-order valence-electron chi connectivity index (χ0n) is 14.8. The minimum Gasteiger partial charge on any atom is -0.465 e. The van der Waals surface area contributed by atoms with Crippen LogP contribution in [0.2, 0.25) is 0 Å². The molecule has 1 atom stereocenters. The smallest absolute Gasteiger partial charge is 0.337 e. The van der Waals surface area contributed by atoms with Gasteiger partial charge in [0.25, 0.3) is 0 Å². The Hall–Kier alpha value is -2.93. The van der Waals surface area contributed by atoms with Gasteiger partial charge in [0, 0.05) is 12.2 Å². The molecule has 2 heterocycles. The average Bonchev–Trinajstić information content (AvgIpc) is 3.34. The number of amides is 2. The number of likely N-dealkylation sites (tertiary alicyclic amines) is 1. The highest BCUT2D eigenvalue weighted by molar-refractivity contribution is 7.18. The largest absolute Gasteiger partial charge is 0.465 e. The third-order valence-electron chi connectivity index (χ3n) is 4.64. The Morgan fingerprint density at radius 1 is 1.22 bits per heavy atom. The van der Waals surface area contributed by atoms with E-state index < -0.39 is 5.97 Å². The normalized spacial score (nSPS) is 16.5. The molecule has 3 aromatic rings. The number of nitrogens with one attached hydrogen (secondary N) is 1. The number of hydrogen-bond acceptors (Lipinski definition) is 5. The van der Waals surface area contributed by atoms with Crippen LogP contribution in [0.25, 0.3) is 10.2 Å². The van der Waals surface area contributed by atoms with E-state index in [1.165, 1.54) is 7.11 Å². The van der Waals surface area contributed by atoms with Crippen molar-refractivity contribution in [2.24, 2.45) is 0 Å². The number of urea groups is 1. The SMILES string of the molecule is COC(=O)c1cccc(NC(=O)N2CCCC2c2nc3ccccc3s2)c1. The molecule has 1 N–H and O–H groups in total. The minimum absolute atomic E-state index is 0.0220. The van der Waals surface area contributed by atoms with Gasteiger partial charge in [-0.15, -0.1) is 11.3 Å². The zero-order chi connectivity index (χ0) is 18.8. The van der Waals surface area contributed by atoms with Crippen molar-refractivity contribution in [2.45, 2.75) is 18.9 Å². The molecule has 1 aliphatic rings. The van der Waals surface area contributed by atoms with Gasteiger partial charge in [-0.25, -0.2) is 14.6 Å². The van der Waals surface area contributed by atoms with Gasteiger partial charge in [0.2, 0.25) is 0 Å². The van der Waals surface area contributed by atoms with E-state index >= 15 is 0 Å². The van der Waals surface area contributed by atoms with Gasteiger partial charge in [-0.3, -0.25) is 0 Å². The summed E-state index contributed by atoms with van der Waals surface area (Å²) in [5.41, 5.74) is 1.94. The molecule has 0 saturated carbocycles. The van der Waals surface area contributed by atoms with Crippen molar-refractivity contribution in [3.8, 4) is 0 Å². The van der Waals surface area contributed by atoms with Crippen molar-refractivity contribution >= 4 is 39.2 Å². The zero-order valence-corrected chi connectivity index (χ0v) is 15.7. The molecule has 27 heavy (non-hydrogen) atoms. The van der Waals surface area contributed by atoms with Crippen LogP contribution < -0.4 is 5.32 Å². The first kappa shape index (κ1) is 17.5. The van der Waals surface area contributed by atoms with Crippen LogP contribution in [0.5, 0.6) is 0 Å². The Morgan fingerprint density at radius 3 is 2.89 bits per heavy atom. The third-order valence-corrected chi connectivity index (χ3v) is 5.78. The topological polar surface area (TPSA) is 71.5 Å². The summed E-state index contributed by atoms with van der Waals surface area (Å²) in [6, 6.07) is 14.6. The number of esters is 1. The summed E-state index contributed by atoms with van der Waals surface area (Å²) < 4.78 is 5.86. The Morgan fingerprint density at radius 2 is 2.07 bits per heavy atom. The highest BCUT2D eigenvalue weighted by Gasteiger charge is 2.32. The van der Waals surface area contributed by atoms with E-state index in [4.69, 9.17) is 9.72 Å². The number of thiazole rings is 1. The number of rotatable bonds is 3. The fraction of sp³-hybridized carbons (Fsp3) is 0.250. The van der Waals surface area contributed by atoms with Gasteiger partial charge < -0.3 is 15.0 Å². The summed E-state index contributed by atoms with van der Waals surface area (Å²) in [7, 11) is 1.33. The molecule has 1 unspecified atom stereocenters. The van der Waals surface area contributed by atoms with E-state index in [0.29, 0.717) is 17.8 Å². The van der Waals surface area contributed by atoms with Gasteiger partial charge in [0.15, 0.2) is 0 Å². The number of methoxy groups -OCH3 is 1. The Bertz CT molecular complexity index is 968. The lowest BCUT2D eigenvalue weighted by atomic mass is 10.2. The summed E-state index contributed by atoms with van der Waals surface area (Å²) >= 11 is 1.64. The monoisotopic (exact) mass is 381 g/mol. The number of para-hydroxylation sites is 1. The molecule has 2 aromatic carbocycles. The first-order valence-corrected chi connectivity index (χ1v) is 9.59. The molecule has 0 bridgehead atoms. The molecule has 1 saturated heterocycles. The second kappa shape index (κ2) is 7.36. The molecular weight excluding hydrogens is 362 g/mol. The molecule has 7 heteroatoms. The summed E-state index contributed by atoms with van der Waals surface area (Å²) in [4.78, 5) is 31.1. The van der Waals surface area contributed by atoms with Crippen LogP contribution in [0.15, 0.2) is 48.5 Å². The van der Waals surface area contributed by atoms with Crippen LogP contribution in [0.1, 0.15) is 34.2 Å². The van der Waals surface area contributed by atoms with Crippen LogP contribution in [0.3, 0.4) is 0 Å². The maximum absolute atomic E-state index is 12.8. The molecule has 6 nitrogen and oxygen atoms in total. The summed E-state index contributed by atoms with van der Waals surface area (Å²) in [5.74, 6) is -0.431.